The predicted octanol–water partition coefficient (Wildman–Crippen LogP) is 19.1. The van der Waals surface area contributed by atoms with Gasteiger partial charge < -0.3 is 41.9 Å². The zero-order valence-corrected chi connectivity index (χ0v) is 93.9. The first-order valence-electron chi connectivity index (χ1n) is 36.9. The van der Waals surface area contributed by atoms with Gasteiger partial charge in [0.15, 0.2) is 11.3 Å². The Labute approximate surface area is 806 Å². The van der Waals surface area contributed by atoms with Crippen molar-refractivity contribution in [2.24, 2.45) is 0 Å². The molecule has 1 aliphatic rings. The molecule has 0 spiro atoms. The van der Waals surface area contributed by atoms with Crippen molar-refractivity contribution in [3.63, 3.8) is 0 Å². The molecule has 0 bridgehead atoms. The van der Waals surface area contributed by atoms with Crippen LogP contribution in [-0.2, 0) is 180 Å². The van der Waals surface area contributed by atoms with Crippen LogP contribution in [0.15, 0.2) is 263 Å². The van der Waals surface area contributed by atoms with Crippen molar-refractivity contribution < 1.29 is 167 Å². The van der Waals surface area contributed by atoms with Gasteiger partial charge in [0.05, 0.1) is 28.9 Å². The first-order chi connectivity index (χ1) is 54.2. The maximum atomic E-state index is 5.11. The summed E-state index contributed by atoms with van der Waals surface area (Å²) >= 11 is 1.46. The van der Waals surface area contributed by atoms with Crippen LogP contribution in [0.5, 0.6) is 0 Å². The number of fused-ring (bicyclic) bond motifs is 7. The zero-order valence-electron chi connectivity index (χ0n) is 70.4. The third-order valence-electron chi connectivity index (χ3n) is 12.6. The molecule has 0 unspecified atom stereocenters. The van der Waals surface area contributed by atoms with E-state index in [2.05, 4.69) is 112 Å². The van der Waals surface area contributed by atoms with Gasteiger partial charge in [0.25, 0.3) is 0 Å². The van der Waals surface area contributed by atoms with E-state index < -0.39 is 0 Å². The Morgan fingerprint density at radius 2 is 1.00 bits per heavy atom. The van der Waals surface area contributed by atoms with E-state index in [1.54, 1.807) is 64.6 Å². The summed E-state index contributed by atoms with van der Waals surface area (Å²) in [5.74, 6) is 3.87. The molecule has 23 nitrogen and oxygen atoms in total. The summed E-state index contributed by atoms with van der Waals surface area (Å²) < 4.78 is 20.5. The van der Waals surface area contributed by atoms with E-state index in [0.717, 1.165) is 69.8 Å². The molecule has 0 N–H and O–H groups in total. The average molecular weight is 2940 g/mol. The van der Waals surface area contributed by atoms with Crippen LogP contribution in [0.1, 0.15) is 140 Å². The third-order valence-corrected chi connectivity index (χ3v) is 13.2. The van der Waals surface area contributed by atoms with Crippen molar-refractivity contribution >= 4 is 62.4 Å². The van der Waals surface area contributed by atoms with Gasteiger partial charge in [0.2, 0.25) is 0 Å². The fraction of sp³-hybridized carbons (Fsp3) is 0.244. The van der Waals surface area contributed by atoms with Crippen molar-refractivity contribution in [1.82, 2.24) is 111 Å². The number of hydrogen-bond donors (Lipinski definition) is 0. The Bertz CT molecular complexity index is 4330. The smallest absolute Gasteiger partial charge is 0.749 e. The number of hydrogen-bond acceptors (Lipinski definition) is 12. The van der Waals surface area contributed by atoms with Crippen LogP contribution in [0.25, 0.3) is 58.0 Å². The minimum absolute atomic E-state index is 0. The van der Waals surface area contributed by atoms with Gasteiger partial charge in [-0.05, 0) is 111 Å². The van der Waals surface area contributed by atoms with Crippen molar-refractivity contribution in [3.05, 3.63) is 331 Å². The molecule has 0 radical (unpaired) electrons. The molecular formula is C86H112N23W8-. The topological polar surface area (TPSA) is 215 Å². The van der Waals surface area contributed by atoms with Gasteiger partial charge in [-0.2, -0.15) is 33.6 Å². The molecule has 0 aliphatic carbocycles. The Balaban J connectivity index is -0.000000182. The third kappa shape index (κ3) is 50.2. The maximum Gasteiger partial charge on any atom is 2.00 e. The monoisotopic (exact) mass is 2940 g/mol. The van der Waals surface area contributed by atoms with E-state index in [4.69, 9.17) is 19.7 Å². The maximum absolute atomic E-state index is 5.11. The summed E-state index contributed by atoms with van der Waals surface area (Å²) in [4.78, 5) is 11.9. The minimum Gasteiger partial charge on any atom is -0.749 e. The summed E-state index contributed by atoms with van der Waals surface area (Å²) in [6.45, 7) is 53.9. The van der Waals surface area contributed by atoms with E-state index >= 15 is 0 Å². The molecule has 0 fully saturated rings. The van der Waals surface area contributed by atoms with E-state index in [-0.39, 0.29) is 147 Å². The van der Waals surface area contributed by atoms with Gasteiger partial charge in [0, 0.05) is 183 Å². The van der Waals surface area contributed by atoms with E-state index in [1.165, 1.54) is 48.0 Å². The Hall–Kier alpha value is -7.54. The number of pyridine rings is 3. The molecule has 1 aliphatic heterocycles. The standard InChI is InChI=1S/C8H7N.C7H7N3.3C7H6N2.C6H7N3.C6H5N3.2C6H5N.C5H6N3.C5H4N2.8C2H6.8W/c1-2-6-9-7-3-5-8(9)4-1;1-6-8-9-7-4-2-3-5-10(6)7;1-3-7-4-2-6-9(7)8-5-1;1-2-7-6-8-3-5-9(7)4-1;1-2-6-9-7(3-1)4-5-8-9;1-5-7-8-6-3-2-4-9(5)6;1-3-7-6-2-4-8-9(6)5-1;1-2-7-5-3-4-6-7;1-2-6-4-3-5-7-6;1-3-8-4-6-7-5(8)2;1-2-7-5-3-4-6-7;8*1-2;;;;;;;;/h1-7H;2-5H,1H3;3*1-6H;2,4H,3H2,1H3;1-5H;2*1-5H;1H,3H2,2H3;1-4H;8*1-2H3;;;;;;;;/q;;;;;;;2*-2;-1;-2;;;;;;;;;;;;;;3*+2. The Morgan fingerprint density at radius 3 is 1.53 bits per heavy atom. The summed E-state index contributed by atoms with van der Waals surface area (Å²) in [5, 5.41) is 38.9. The molecule has 0 saturated heterocycles. The summed E-state index contributed by atoms with van der Waals surface area (Å²) in [6, 6.07) is 48.8. The summed E-state index contributed by atoms with van der Waals surface area (Å²) in [5.41, 5.74) is 7.28. The van der Waals surface area contributed by atoms with E-state index in [9.17, 15) is 0 Å². The molecule has 0 amide bonds. The van der Waals surface area contributed by atoms with Crippen LogP contribution in [0.2, 0.25) is 0 Å². The van der Waals surface area contributed by atoms with Gasteiger partial charge in [-0.1, -0.05) is 154 Å². The van der Waals surface area contributed by atoms with Crippen LogP contribution in [0.3, 0.4) is 0 Å². The molecule has 18 rings (SSSR count). The van der Waals surface area contributed by atoms with Crippen molar-refractivity contribution in [2.45, 2.75) is 145 Å². The van der Waals surface area contributed by atoms with Gasteiger partial charge in [-0.3, -0.25) is 44.1 Å². The normalized spacial score (nSPS) is 8.61. The SMILES string of the molecule is CC.CC.CC.CC.CC.CC.CC.CC.Cc1nn[c-]n1C[CH]=[W].Cc1nnc2ccccn12.Cc1nnc2n1C=CC2.[CH-]=Cc1ccc[n-]1.[CH-]=Cn1[c-]ccc1.[CH-]=Cn1[c-]ccn1.[W+2].[W+2].[W+2].[W].[W].[W].[W].c1cc2cnccn2c1.c1ccn2cccc2c1.c1ccn2nccc2c1.c1cnc2ccnn2c1.c1cnn2cccc2c1. The second-order valence-corrected chi connectivity index (χ2v) is 20.1. The molecule has 18 heterocycles. The summed E-state index contributed by atoms with van der Waals surface area (Å²) in [7, 11) is 0. The molecular weight excluding hydrogens is 2830 g/mol. The number of rotatable bonds is 5. The van der Waals surface area contributed by atoms with Crippen LogP contribution in [-0.4, -0.2) is 110 Å². The van der Waals surface area contributed by atoms with Gasteiger partial charge >= 0.3 is 127 Å². The first-order valence-corrected chi connectivity index (χ1v) is 38.6. The molecule has 0 aromatic carbocycles. The minimum atomic E-state index is 0. The second-order valence-electron chi connectivity index (χ2n) is 18.9. The Morgan fingerprint density at radius 1 is 0.444 bits per heavy atom. The number of allylic oxidation sites excluding steroid dienone is 1. The second kappa shape index (κ2) is 84.9. The first kappa shape index (κ1) is 125. The Kier molecular flexibility index (Phi) is 90.8. The largest absolute Gasteiger partial charge is 2.00 e. The van der Waals surface area contributed by atoms with E-state index in [0.29, 0.717) is 0 Å². The van der Waals surface area contributed by atoms with Crippen LogP contribution in [0, 0.1) is 59.2 Å². The molecule has 17 aromatic rings. The molecule has 31 heteroatoms. The molecule has 17 aromatic heterocycles. The average Bonchev–Trinajstić information content (AvgIpc) is 1.69. The molecule has 117 heavy (non-hydrogen) atoms. The van der Waals surface area contributed by atoms with Gasteiger partial charge in [-0.15, -0.1) is 44.8 Å². The predicted molar refractivity (Wildman–Crippen MR) is 451 cm³/mol. The van der Waals surface area contributed by atoms with Crippen LogP contribution >= 0.6 is 0 Å². The molecule has 620 valence electrons. The quantitative estimate of drug-likeness (QED) is 0.147. The van der Waals surface area contributed by atoms with Gasteiger partial charge in [0.1, 0.15) is 17.5 Å². The summed E-state index contributed by atoms with van der Waals surface area (Å²) in [6.07, 6.45) is 49.0. The number of nitrogens with zero attached hydrogens (tertiary/aromatic N) is 23. The van der Waals surface area contributed by atoms with Crippen LogP contribution < -0.4 is 4.98 Å². The number of aryl methyl sites for hydroxylation is 3. The number of aromatic nitrogens is 23. The van der Waals surface area contributed by atoms with Crippen molar-refractivity contribution in [1.29, 1.82) is 0 Å². The zero-order chi connectivity index (χ0) is 81.8. The van der Waals surface area contributed by atoms with E-state index in [1.807, 2.05) is 354 Å². The van der Waals surface area contributed by atoms with Crippen molar-refractivity contribution in [2.75, 3.05) is 0 Å². The van der Waals surface area contributed by atoms with Gasteiger partial charge in [-0.25, -0.2) is 18.5 Å². The fourth-order valence-electron chi connectivity index (χ4n) is 8.00. The fourth-order valence-corrected chi connectivity index (χ4v) is 8.54. The molecule has 0 saturated carbocycles. The van der Waals surface area contributed by atoms with Crippen molar-refractivity contribution in [3.8, 4) is 0 Å². The van der Waals surface area contributed by atoms with Crippen LogP contribution in [0.4, 0.5) is 0 Å². The molecule has 0 atom stereocenters.